The van der Waals surface area contributed by atoms with E-state index in [1.807, 2.05) is 0 Å². The largest absolute Gasteiger partial charge is 0.493 e. The summed E-state index contributed by atoms with van der Waals surface area (Å²) in [7, 11) is 5.16. The fourth-order valence-corrected chi connectivity index (χ4v) is 7.07. The number of hydrogen-bond acceptors (Lipinski definition) is 10. The molecule has 5 rings (SSSR count). The van der Waals surface area contributed by atoms with E-state index in [2.05, 4.69) is 32.9 Å². The second-order valence-electron chi connectivity index (χ2n) is 10.5. The van der Waals surface area contributed by atoms with E-state index in [4.69, 9.17) is 14.2 Å². The molecule has 14 heteroatoms. The molecule has 44 heavy (non-hydrogen) atoms. The zero-order valence-corrected chi connectivity index (χ0v) is 27.4. The average Bonchev–Trinajstić information content (AvgIpc) is 3.30. The van der Waals surface area contributed by atoms with Gasteiger partial charge in [-0.25, -0.2) is 9.79 Å². The van der Waals surface area contributed by atoms with Crippen LogP contribution in [0.3, 0.4) is 0 Å². The van der Waals surface area contributed by atoms with E-state index in [1.165, 1.54) is 35.8 Å². The molecule has 0 radical (unpaired) electrons. The van der Waals surface area contributed by atoms with Gasteiger partial charge in [-0.1, -0.05) is 27.3 Å². The number of carbonyl (C=O) groups is 1. The normalized spacial score (nSPS) is 17.3. The number of esters is 1. The molecule has 3 aromatic rings. The first-order valence-electron chi connectivity index (χ1n) is 14.0. The highest BCUT2D eigenvalue weighted by molar-refractivity contribution is 9.10. The summed E-state index contributed by atoms with van der Waals surface area (Å²) in [6, 6.07) is 7.27. The van der Waals surface area contributed by atoms with Crippen molar-refractivity contribution in [3.8, 4) is 11.5 Å². The molecule has 2 aliphatic rings. The number of fused-ring (bicyclic) bond motifs is 1. The number of benzene rings is 2. The van der Waals surface area contributed by atoms with Crippen molar-refractivity contribution in [3.05, 3.63) is 87.0 Å². The number of nitro groups is 1. The lowest BCUT2D eigenvalue weighted by atomic mass is 9.95. The third kappa shape index (κ3) is 5.88. The van der Waals surface area contributed by atoms with Gasteiger partial charge in [0.15, 0.2) is 16.3 Å². The SMILES string of the molecule is CCOC(=O)C1=C(C)N=c2s/c(=C/c3cc([N+](=O)[O-])ccc3N3CC[NH+](C)CC3)c(=O)n2[C@H]1c1cc(OC)c(OC)cc1Br. The Morgan fingerprint density at radius 1 is 1.20 bits per heavy atom. The Hall–Kier alpha value is -4.01. The summed E-state index contributed by atoms with van der Waals surface area (Å²) in [6.45, 7) is 6.97. The molecule has 0 saturated carbocycles. The van der Waals surface area contributed by atoms with Crippen molar-refractivity contribution < 1.29 is 28.8 Å². The minimum Gasteiger partial charge on any atom is -0.493 e. The van der Waals surface area contributed by atoms with Crippen LogP contribution < -0.4 is 34.2 Å². The number of nitro benzene ring substituents is 1. The van der Waals surface area contributed by atoms with Crippen LogP contribution in [0, 0.1) is 10.1 Å². The fourth-order valence-electron chi connectivity index (χ4n) is 5.49. The number of ether oxygens (including phenoxy) is 3. The number of hydrogen-bond donors (Lipinski definition) is 1. The number of anilines is 1. The van der Waals surface area contributed by atoms with Crippen molar-refractivity contribution >= 4 is 50.7 Å². The molecule has 0 spiro atoms. The van der Waals surface area contributed by atoms with Gasteiger partial charge in [0.05, 0.1) is 80.8 Å². The first-order valence-corrected chi connectivity index (χ1v) is 15.6. The predicted octanol–water partition coefficient (Wildman–Crippen LogP) is 1.82. The van der Waals surface area contributed by atoms with Crippen molar-refractivity contribution in [3.63, 3.8) is 0 Å². The van der Waals surface area contributed by atoms with Crippen LogP contribution in [0.4, 0.5) is 11.4 Å². The van der Waals surface area contributed by atoms with E-state index in [1.54, 1.807) is 38.1 Å². The quantitative estimate of drug-likeness (QED) is 0.216. The Balaban J connectivity index is 1.74. The standard InChI is InChI=1S/C30H32BrN5O7S/c1-6-43-29(38)26-17(2)32-30-35(27(26)20-15-23(41-4)24(42-5)16-21(20)31)28(37)25(44-30)14-18-13-19(36(39)40)7-8-22(18)34-11-9-33(3)10-12-34/h7-8,13-16,27H,6,9-12H2,1-5H3/p+1/b25-14+/t27-/m0/s1. The second kappa shape index (κ2) is 12.9. The summed E-state index contributed by atoms with van der Waals surface area (Å²) in [5.41, 5.74) is 2.12. The number of allylic oxidation sites excluding steroid dienone is 1. The Kier molecular flexibility index (Phi) is 9.23. The highest BCUT2D eigenvalue weighted by Gasteiger charge is 2.35. The highest BCUT2D eigenvalue weighted by Crippen LogP contribution is 2.40. The number of rotatable bonds is 8. The first kappa shape index (κ1) is 31.4. The van der Waals surface area contributed by atoms with Gasteiger partial charge in [-0.3, -0.25) is 19.5 Å². The molecule has 2 aromatic carbocycles. The molecular weight excluding hydrogens is 654 g/mol. The maximum absolute atomic E-state index is 14.3. The third-order valence-electron chi connectivity index (χ3n) is 7.78. The predicted molar refractivity (Wildman–Crippen MR) is 170 cm³/mol. The van der Waals surface area contributed by atoms with Crippen LogP contribution in [0.15, 0.2) is 55.9 Å². The van der Waals surface area contributed by atoms with E-state index < -0.39 is 22.5 Å². The van der Waals surface area contributed by atoms with Gasteiger partial charge in [0.1, 0.15) is 0 Å². The molecule has 1 atom stereocenters. The molecule has 0 amide bonds. The highest BCUT2D eigenvalue weighted by atomic mass is 79.9. The third-order valence-corrected chi connectivity index (χ3v) is 9.45. The summed E-state index contributed by atoms with van der Waals surface area (Å²) in [5.74, 6) is 0.298. The molecule has 3 heterocycles. The number of carbonyl (C=O) groups excluding carboxylic acids is 1. The number of nitrogens with zero attached hydrogens (tertiary/aromatic N) is 4. The van der Waals surface area contributed by atoms with Gasteiger partial charge in [-0.15, -0.1) is 0 Å². The van der Waals surface area contributed by atoms with Crippen LogP contribution in [-0.4, -0.2) is 69.5 Å². The monoisotopic (exact) mass is 686 g/mol. The van der Waals surface area contributed by atoms with Gasteiger partial charge in [-0.05, 0) is 43.7 Å². The van der Waals surface area contributed by atoms with Crippen molar-refractivity contribution in [2.45, 2.75) is 19.9 Å². The average molecular weight is 688 g/mol. The summed E-state index contributed by atoms with van der Waals surface area (Å²) >= 11 is 4.76. The van der Waals surface area contributed by atoms with E-state index in [-0.39, 0.29) is 17.9 Å². The maximum atomic E-state index is 14.3. The number of aromatic nitrogens is 1. The van der Waals surface area contributed by atoms with E-state index in [0.29, 0.717) is 42.1 Å². The van der Waals surface area contributed by atoms with E-state index >= 15 is 0 Å². The van der Waals surface area contributed by atoms with Gasteiger partial charge < -0.3 is 24.0 Å². The number of nitrogens with one attached hydrogen (secondary N) is 1. The Morgan fingerprint density at radius 3 is 2.52 bits per heavy atom. The van der Waals surface area contributed by atoms with Gasteiger partial charge in [0.2, 0.25) is 0 Å². The molecular formula is C30H33BrN5O7S+. The first-order chi connectivity index (χ1) is 21.1. The van der Waals surface area contributed by atoms with Crippen molar-refractivity contribution in [1.29, 1.82) is 0 Å². The van der Waals surface area contributed by atoms with Crippen LogP contribution in [0.2, 0.25) is 0 Å². The number of halogens is 1. The molecule has 232 valence electrons. The van der Waals surface area contributed by atoms with Crippen molar-refractivity contribution in [2.75, 3.05) is 59.0 Å². The van der Waals surface area contributed by atoms with Gasteiger partial charge in [0, 0.05) is 27.9 Å². The zero-order chi connectivity index (χ0) is 31.7. The van der Waals surface area contributed by atoms with Crippen LogP contribution in [0.5, 0.6) is 11.5 Å². The van der Waals surface area contributed by atoms with Crippen LogP contribution in [0.1, 0.15) is 31.0 Å². The number of thiazole rings is 1. The lowest BCUT2D eigenvalue weighted by Crippen LogP contribution is -3.12. The summed E-state index contributed by atoms with van der Waals surface area (Å²) in [4.78, 5) is 47.5. The summed E-state index contributed by atoms with van der Waals surface area (Å²) in [5, 5.41) is 11.7. The van der Waals surface area contributed by atoms with Gasteiger partial charge in [-0.2, -0.15) is 0 Å². The molecule has 0 bridgehead atoms. The lowest BCUT2D eigenvalue weighted by molar-refractivity contribution is -0.880. The Labute approximate surface area is 265 Å². The minimum absolute atomic E-state index is 0.0693. The molecule has 0 aliphatic carbocycles. The fraction of sp³-hybridized carbons (Fsp3) is 0.367. The van der Waals surface area contributed by atoms with Crippen molar-refractivity contribution in [1.82, 2.24) is 4.57 Å². The van der Waals surface area contributed by atoms with E-state index in [0.717, 1.165) is 43.2 Å². The van der Waals surface area contributed by atoms with Crippen molar-refractivity contribution in [2.24, 2.45) is 4.99 Å². The zero-order valence-electron chi connectivity index (χ0n) is 25.0. The van der Waals surface area contributed by atoms with Gasteiger partial charge >= 0.3 is 5.97 Å². The molecule has 1 fully saturated rings. The van der Waals surface area contributed by atoms with E-state index in [9.17, 15) is 19.7 Å². The molecule has 1 N–H and O–H groups in total. The smallest absolute Gasteiger partial charge is 0.338 e. The Morgan fingerprint density at radius 2 is 1.89 bits per heavy atom. The number of piperazine rings is 1. The van der Waals surface area contributed by atoms with Gasteiger partial charge in [0.25, 0.3) is 11.2 Å². The molecule has 0 unspecified atom stereocenters. The topological polar surface area (TPSA) is 130 Å². The van der Waals surface area contributed by atoms with Crippen LogP contribution in [-0.2, 0) is 9.53 Å². The minimum atomic E-state index is -0.896. The molecule has 12 nitrogen and oxygen atoms in total. The second-order valence-corrected chi connectivity index (χ2v) is 12.3. The summed E-state index contributed by atoms with van der Waals surface area (Å²) < 4.78 is 18.8. The number of methoxy groups -OCH3 is 2. The molecule has 1 aromatic heterocycles. The molecule has 2 aliphatic heterocycles. The lowest BCUT2D eigenvalue weighted by Gasteiger charge is -2.32. The number of non-ortho nitro benzene ring substituents is 1. The summed E-state index contributed by atoms with van der Waals surface area (Å²) in [6.07, 6.45) is 1.68. The molecule has 1 saturated heterocycles. The maximum Gasteiger partial charge on any atom is 0.338 e. The van der Waals surface area contributed by atoms with Crippen LogP contribution >= 0.6 is 27.3 Å². The Bertz CT molecular complexity index is 1840. The number of quaternary nitrogens is 1. The van der Waals surface area contributed by atoms with Crippen LogP contribution in [0.25, 0.3) is 6.08 Å². The number of likely N-dealkylation sites (N-methyl/N-ethyl adjacent to an activating group) is 1.